The van der Waals surface area contributed by atoms with Crippen molar-refractivity contribution in [3.8, 4) is 5.75 Å². The first kappa shape index (κ1) is 17.1. The van der Waals surface area contributed by atoms with Crippen molar-refractivity contribution in [2.24, 2.45) is 0 Å². The lowest BCUT2D eigenvalue weighted by atomic mass is 10.0. The fourth-order valence-corrected chi connectivity index (χ4v) is 2.54. The number of rotatable bonds is 4. The fraction of sp³-hybridized carbons (Fsp3) is 0.467. The van der Waals surface area contributed by atoms with Crippen molar-refractivity contribution in [2.45, 2.75) is 31.5 Å². The van der Waals surface area contributed by atoms with Gasteiger partial charge in [0.1, 0.15) is 11.8 Å². The molecule has 1 fully saturated rings. The van der Waals surface area contributed by atoms with E-state index in [1.165, 1.54) is 12.1 Å². The van der Waals surface area contributed by atoms with Gasteiger partial charge in [0, 0.05) is 6.54 Å². The molecule has 1 aromatic rings. The molecule has 126 valence electrons. The molecule has 1 aliphatic rings. The molecule has 1 aromatic carbocycles. The van der Waals surface area contributed by atoms with Crippen LogP contribution in [0.2, 0.25) is 0 Å². The van der Waals surface area contributed by atoms with Crippen LogP contribution in [0.15, 0.2) is 24.3 Å². The zero-order valence-electron chi connectivity index (χ0n) is 12.2. The van der Waals surface area contributed by atoms with Crippen LogP contribution in [0.5, 0.6) is 5.75 Å². The van der Waals surface area contributed by atoms with Crippen LogP contribution in [0.25, 0.3) is 0 Å². The summed E-state index contributed by atoms with van der Waals surface area (Å²) in [6.07, 6.45) is -2.90. The van der Waals surface area contributed by atoms with Gasteiger partial charge in [-0.2, -0.15) is 13.2 Å². The Hall–Kier alpha value is -2.25. The van der Waals surface area contributed by atoms with E-state index in [1.54, 1.807) is 0 Å². The number of ether oxygens (including phenoxy) is 1. The topological polar surface area (TPSA) is 66.8 Å². The quantitative estimate of drug-likeness (QED) is 0.921. The largest absolute Gasteiger partial charge is 0.483 e. The molecule has 23 heavy (non-hydrogen) atoms. The monoisotopic (exact) mass is 331 g/mol. The van der Waals surface area contributed by atoms with E-state index in [-0.39, 0.29) is 6.54 Å². The standard InChI is InChI=1S/C15H16F3NO4/c16-15(17,18)10-5-1-2-7-12(10)23-9-13(20)19-8-4-3-6-11(19)14(21)22/h1-2,5,7,11H,3-4,6,8-9H2,(H,21,22)/t11-/m1/s1. The van der Waals surface area contributed by atoms with Gasteiger partial charge in [-0.05, 0) is 31.4 Å². The van der Waals surface area contributed by atoms with Crippen LogP contribution >= 0.6 is 0 Å². The molecule has 0 aromatic heterocycles. The summed E-state index contributed by atoms with van der Waals surface area (Å²) >= 11 is 0. The number of nitrogens with zero attached hydrogens (tertiary/aromatic N) is 1. The highest BCUT2D eigenvalue weighted by molar-refractivity contribution is 5.84. The number of hydrogen-bond donors (Lipinski definition) is 1. The number of amides is 1. The summed E-state index contributed by atoms with van der Waals surface area (Å²) in [7, 11) is 0. The lowest BCUT2D eigenvalue weighted by molar-refractivity contribution is -0.153. The number of carbonyl (C=O) groups excluding carboxylic acids is 1. The average molecular weight is 331 g/mol. The molecule has 8 heteroatoms. The Morgan fingerprint density at radius 3 is 2.61 bits per heavy atom. The van der Waals surface area contributed by atoms with Crippen LogP contribution in [-0.4, -0.2) is 41.1 Å². The SMILES string of the molecule is O=C(O)[C@H]1CCCCN1C(=O)COc1ccccc1C(F)(F)F. The smallest absolute Gasteiger partial charge is 0.419 e. The summed E-state index contributed by atoms with van der Waals surface area (Å²) in [5, 5.41) is 9.11. The molecule has 0 bridgehead atoms. The molecule has 1 saturated heterocycles. The minimum Gasteiger partial charge on any atom is -0.483 e. The van der Waals surface area contributed by atoms with E-state index in [4.69, 9.17) is 9.84 Å². The van der Waals surface area contributed by atoms with Crippen LogP contribution in [0.3, 0.4) is 0 Å². The number of aliphatic carboxylic acids is 1. The number of carboxylic acid groups (broad SMARTS) is 1. The third-order valence-corrected chi connectivity index (χ3v) is 3.65. The van der Waals surface area contributed by atoms with Gasteiger partial charge in [0.2, 0.25) is 0 Å². The summed E-state index contributed by atoms with van der Waals surface area (Å²) in [4.78, 5) is 24.4. The highest BCUT2D eigenvalue weighted by Gasteiger charge is 2.35. The third-order valence-electron chi connectivity index (χ3n) is 3.65. The van der Waals surface area contributed by atoms with Gasteiger partial charge in [-0.3, -0.25) is 4.79 Å². The molecule has 0 spiro atoms. The second-order valence-corrected chi connectivity index (χ2v) is 5.22. The predicted octanol–water partition coefficient (Wildman–Crippen LogP) is 2.55. The first-order valence-corrected chi connectivity index (χ1v) is 7.12. The van der Waals surface area contributed by atoms with Crippen molar-refractivity contribution in [2.75, 3.05) is 13.2 Å². The molecule has 0 radical (unpaired) electrons. The van der Waals surface area contributed by atoms with Crippen molar-refractivity contribution < 1.29 is 32.6 Å². The van der Waals surface area contributed by atoms with Crippen LogP contribution < -0.4 is 4.74 Å². The Bertz CT molecular complexity index is 588. The number of alkyl halides is 3. The van der Waals surface area contributed by atoms with Gasteiger partial charge in [0.25, 0.3) is 5.91 Å². The van der Waals surface area contributed by atoms with Gasteiger partial charge in [-0.15, -0.1) is 0 Å². The number of piperidine rings is 1. The molecule has 1 atom stereocenters. The summed E-state index contributed by atoms with van der Waals surface area (Å²) in [5.74, 6) is -2.19. The number of halogens is 3. The van der Waals surface area contributed by atoms with E-state index in [9.17, 15) is 22.8 Å². The molecule has 1 aliphatic heterocycles. The lowest BCUT2D eigenvalue weighted by Crippen LogP contribution is -2.49. The van der Waals surface area contributed by atoms with E-state index < -0.39 is 42.0 Å². The van der Waals surface area contributed by atoms with Crippen LogP contribution in [-0.2, 0) is 15.8 Å². The predicted molar refractivity (Wildman–Crippen MR) is 73.9 cm³/mol. The van der Waals surface area contributed by atoms with Crippen molar-refractivity contribution in [3.63, 3.8) is 0 Å². The van der Waals surface area contributed by atoms with E-state index in [2.05, 4.69) is 0 Å². The number of para-hydroxylation sites is 1. The number of carboxylic acids is 1. The third kappa shape index (κ3) is 4.14. The van der Waals surface area contributed by atoms with E-state index in [0.717, 1.165) is 17.0 Å². The molecule has 5 nitrogen and oxygen atoms in total. The van der Waals surface area contributed by atoms with Crippen molar-refractivity contribution in [1.29, 1.82) is 0 Å². The highest BCUT2D eigenvalue weighted by Crippen LogP contribution is 2.35. The molecule has 0 unspecified atom stereocenters. The van der Waals surface area contributed by atoms with Crippen molar-refractivity contribution in [3.05, 3.63) is 29.8 Å². The molecular formula is C15H16F3NO4. The number of likely N-dealkylation sites (tertiary alicyclic amines) is 1. The first-order chi connectivity index (χ1) is 10.8. The first-order valence-electron chi connectivity index (χ1n) is 7.12. The maximum Gasteiger partial charge on any atom is 0.419 e. The highest BCUT2D eigenvalue weighted by atomic mass is 19.4. The average Bonchev–Trinajstić information content (AvgIpc) is 2.52. The van der Waals surface area contributed by atoms with Gasteiger partial charge in [-0.1, -0.05) is 12.1 Å². The molecular weight excluding hydrogens is 315 g/mol. The Morgan fingerprint density at radius 2 is 1.96 bits per heavy atom. The van der Waals surface area contributed by atoms with E-state index in [0.29, 0.717) is 19.3 Å². The zero-order valence-corrected chi connectivity index (χ0v) is 12.2. The van der Waals surface area contributed by atoms with Gasteiger partial charge >= 0.3 is 12.1 Å². The van der Waals surface area contributed by atoms with Crippen LogP contribution in [0, 0.1) is 0 Å². The lowest BCUT2D eigenvalue weighted by Gasteiger charge is -2.32. The Morgan fingerprint density at radius 1 is 1.26 bits per heavy atom. The zero-order chi connectivity index (χ0) is 17.0. The van der Waals surface area contributed by atoms with Crippen molar-refractivity contribution >= 4 is 11.9 Å². The second-order valence-electron chi connectivity index (χ2n) is 5.22. The van der Waals surface area contributed by atoms with Gasteiger partial charge < -0.3 is 14.7 Å². The van der Waals surface area contributed by atoms with Gasteiger partial charge in [0.15, 0.2) is 6.61 Å². The van der Waals surface area contributed by atoms with Crippen molar-refractivity contribution in [1.82, 2.24) is 4.90 Å². The summed E-state index contributed by atoms with van der Waals surface area (Å²) in [6.45, 7) is -0.364. The minimum absolute atomic E-state index is 0.264. The number of hydrogen-bond acceptors (Lipinski definition) is 3. The summed E-state index contributed by atoms with van der Waals surface area (Å²) < 4.78 is 43.5. The number of benzene rings is 1. The normalized spacial score (nSPS) is 18.6. The molecule has 2 rings (SSSR count). The summed E-state index contributed by atoms with van der Waals surface area (Å²) in [5.41, 5.74) is -0.971. The molecule has 1 amide bonds. The maximum absolute atomic E-state index is 12.8. The molecule has 1 N–H and O–H groups in total. The molecule has 0 aliphatic carbocycles. The fourth-order valence-electron chi connectivity index (χ4n) is 2.54. The Labute approximate surface area is 130 Å². The van der Waals surface area contributed by atoms with Gasteiger partial charge in [-0.25, -0.2) is 4.79 Å². The van der Waals surface area contributed by atoms with Crippen LogP contribution in [0.1, 0.15) is 24.8 Å². The molecule has 0 saturated carbocycles. The Kier molecular flexibility index (Phi) is 5.12. The minimum atomic E-state index is -4.59. The summed E-state index contributed by atoms with van der Waals surface area (Å²) in [6, 6.07) is 3.64. The van der Waals surface area contributed by atoms with Crippen LogP contribution in [0.4, 0.5) is 13.2 Å². The maximum atomic E-state index is 12.8. The Balaban J connectivity index is 2.06. The second kappa shape index (κ2) is 6.89. The van der Waals surface area contributed by atoms with Gasteiger partial charge in [0.05, 0.1) is 5.56 Å². The number of carbonyl (C=O) groups is 2. The van der Waals surface area contributed by atoms with E-state index in [1.807, 2.05) is 0 Å². The van der Waals surface area contributed by atoms with E-state index >= 15 is 0 Å². The molecule has 1 heterocycles.